The van der Waals surface area contributed by atoms with Crippen LogP contribution in [0.1, 0.15) is 73.6 Å². The van der Waals surface area contributed by atoms with E-state index in [1.807, 2.05) is 13.8 Å². The fourth-order valence-electron chi connectivity index (χ4n) is 2.52. The van der Waals surface area contributed by atoms with Crippen LogP contribution in [0.5, 0.6) is 0 Å². The van der Waals surface area contributed by atoms with Crippen molar-refractivity contribution in [3.8, 4) is 0 Å². The van der Waals surface area contributed by atoms with Crippen LogP contribution in [0, 0.1) is 5.92 Å². The Morgan fingerprint density at radius 1 is 0.867 bits per heavy atom. The third-order valence-electron chi connectivity index (χ3n) is 4.57. The molecule has 0 saturated heterocycles. The van der Waals surface area contributed by atoms with Gasteiger partial charge in [0, 0.05) is 0 Å². The van der Waals surface area contributed by atoms with Crippen molar-refractivity contribution in [3.05, 3.63) is 46.6 Å². The van der Waals surface area contributed by atoms with E-state index in [2.05, 4.69) is 54.8 Å². The summed E-state index contributed by atoms with van der Waals surface area (Å²) in [6.07, 6.45) is 13.4. The van der Waals surface area contributed by atoms with E-state index in [1.54, 1.807) is 6.08 Å². The SMILES string of the molecule is CC(C)=CCC/C(C)=C/CC/C(C)=C/C[C@H](C)/C(C)=C\COP(=O)(O)OP(=O)(O)O. The minimum Gasteiger partial charge on any atom is -0.302 e. The summed E-state index contributed by atoms with van der Waals surface area (Å²) in [6.45, 7) is 12.2. The normalized spacial score (nSPS) is 16.9. The van der Waals surface area contributed by atoms with Gasteiger partial charge >= 0.3 is 15.6 Å². The third kappa shape index (κ3) is 17.0. The summed E-state index contributed by atoms with van der Waals surface area (Å²) in [5, 5.41) is 0. The summed E-state index contributed by atoms with van der Waals surface area (Å²) in [6, 6.07) is 0. The fourth-order valence-corrected chi connectivity index (χ4v) is 4.05. The molecule has 174 valence electrons. The number of rotatable bonds is 14. The number of phosphoric acid groups is 2. The molecule has 3 N–H and O–H groups in total. The number of allylic oxidation sites excluding steroid dienone is 7. The molecule has 0 aliphatic heterocycles. The highest BCUT2D eigenvalue weighted by molar-refractivity contribution is 7.60. The van der Waals surface area contributed by atoms with Crippen molar-refractivity contribution in [3.63, 3.8) is 0 Å². The highest BCUT2D eigenvalue weighted by Crippen LogP contribution is 2.57. The van der Waals surface area contributed by atoms with E-state index >= 15 is 0 Å². The van der Waals surface area contributed by atoms with Gasteiger partial charge in [0.15, 0.2) is 0 Å². The lowest BCUT2D eigenvalue weighted by molar-refractivity contribution is 0.191. The second kappa shape index (κ2) is 14.3. The molecule has 0 heterocycles. The van der Waals surface area contributed by atoms with E-state index < -0.39 is 15.6 Å². The Hall–Kier alpha value is -0.780. The first-order chi connectivity index (χ1) is 13.7. The minimum absolute atomic E-state index is 0.200. The Morgan fingerprint density at radius 3 is 1.93 bits per heavy atom. The molecule has 9 heteroatoms. The van der Waals surface area contributed by atoms with Crippen LogP contribution in [0.25, 0.3) is 0 Å². The molecule has 0 bridgehead atoms. The van der Waals surface area contributed by atoms with Crippen molar-refractivity contribution in [1.29, 1.82) is 0 Å². The smallest absolute Gasteiger partial charge is 0.302 e. The molecule has 0 fully saturated rings. The van der Waals surface area contributed by atoms with Crippen LogP contribution in [0.15, 0.2) is 46.6 Å². The average Bonchev–Trinajstić information content (AvgIpc) is 2.56. The van der Waals surface area contributed by atoms with Gasteiger partial charge in [-0.25, -0.2) is 9.13 Å². The Bertz CT molecular complexity index is 740. The van der Waals surface area contributed by atoms with Crippen molar-refractivity contribution in [2.75, 3.05) is 6.61 Å². The topological polar surface area (TPSA) is 113 Å². The van der Waals surface area contributed by atoms with Gasteiger partial charge in [0.2, 0.25) is 0 Å². The van der Waals surface area contributed by atoms with Gasteiger partial charge in [-0.1, -0.05) is 53.5 Å². The van der Waals surface area contributed by atoms with Gasteiger partial charge in [-0.15, -0.1) is 0 Å². The van der Waals surface area contributed by atoms with E-state index in [-0.39, 0.29) is 12.5 Å². The van der Waals surface area contributed by atoms with Gasteiger partial charge in [-0.3, -0.25) is 4.52 Å². The van der Waals surface area contributed by atoms with Crippen molar-refractivity contribution >= 4 is 15.6 Å². The molecule has 0 saturated carbocycles. The van der Waals surface area contributed by atoms with Crippen LogP contribution in [-0.2, 0) is 18.0 Å². The van der Waals surface area contributed by atoms with Gasteiger partial charge in [0.25, 0.3) is 0 Å². The molecule has 0 aromatic rings. The molecule has 2 atom stereocenters. The summed E-state index contributed by atoms with van der Waals surface area (Å²) in [7, 11) is -9.88. The molecule has 30 heavy (non-hydrogen) atoms. The number of hydrogen-bond donors (Lipinski definition) is 3. The monoisotopic (exact) mass is 464 g/mol. The number of hydrogen-bond acceptors (Lipinski definition) is 4. The fraction of sp³-hybridized carbons (Fsp3) is 0.619. The van der Waals surface area contributed by atoms with Gasteiger partial charge < -0.3 is 14.7 Å². The summed E-state index contributed by atoms with van der Waals surface area (Å²) in [5.41, 5.74) is 5.03. The molecule has 0 rings (SSSR count). The van der Waals surface area contributed by atoms with Crippen molar-refractivity contribution in [2.45, 2.75) is 73.6 Å². The first-order valence-electron chi connectivity index (χ1n) is 10.1. The standard InChI is InChI=1S/C21H38O7P2/c1-17(2)9-7-10-18(3)11-8-12-19(4)13-14-20(5)21(6)15-16-27-30(25,26)28-29(22,23)24/h9,11,13,15,20H,7-8,10,12,14,16H2,1-6H3,(H,25,26)(H2,22,23,24)/b18-11+,19-13+,21-15-/t20-/m0/s1. The molecule has 1 unspecified atom stereocenters. The molecule has 0 amide bonds. The van der Waals surface area contributed by atoms with Crippen molar-refractivity contribution in [2.24, 2.45) is 5.92 Å². The van der Waals surface area contributed by atoms with Gasteiger partial charge in [0.1, 0.15) is 0 Å². The van der Waals surface area contributed by atoms with E-state index in [4.69, 9.17) is 9.79 Å². The zero-order valence-electron chi connectivity index (χ0n) is 19.0. The van der Waals surface area contributed by atoms with Gasteiger partial charge in [-0.05, 0) is 72.6 Å². The molecule has 0 radical (unpaired) electrons. The molecule has 7 nitrogen and oxygen atoms in total. The first kappa shape index (κ1) is 29.2. The molecular formula is C21H38O7P2. The largest absolute Gasteiger partial charge is 0.481 e. The third-order valence-corrected chi connectivity index (χ3v) is 6.72. The summed E-state index contributed by atoms with van der Waals surface area (Å²) >= 11 is 0. The Balaban J connectivity index is 4.41. The molecule has 0 aliphatic carbocycles. The zero-order valence-corrected chi connectivity index (χ0v) is 20.8. The Kier molecular flexibility index (Phi) is 13.9. The van der Waals surface area contributed by atoms with Crippen LogP contribution < -0.4 is 0 Å². The predicted octanol–water partition coefficient (Wildman–Crippen LogP) is 6.60. The molecular weight excluding hydrogens is 426 g/mol. The average molecular weight is 464 g/mol. The van der Waals surface area contributed by atoms with Crippen LogP contribution in [0.2, 0.25) is 0 Å². The van der Waals surface area contributed by atoms with Gasteiger partial charge in [-0.2, -0.15) is 4.31 Å². The first-order valence-corrected chi connectivity index (χ1v) is 13.1. The minimum atomic E-state index is -5.09. The van der Waals surface area contributed by atoms with E-state index in [0.717, 1.165) is 37.7 Å². The van der Waals surface area contributed by atoms with Crippen LogP contribution >= 0.6 is 15.6 Å². The lowest BCUT2D eigenvalue weighted by atomic mass is 9.96. The summed E-state index contributed by atoms with van der Waals surface area (Å²) in [4.78, 5) is 26.4. The molecule has 0 aromatic carbocycles. The van der Waals surface area contributed by atoms with Crippen LogP contribution in [0.4, 0.5) is 0 Å². The van der Waals surface area contributed by atoms with E-state index in [0.29, 0.717) is 0 Å². The van der Waals surface area contributed by atoms with Crippen LogP contribution in [0.3, 0.4) is 0 Å². The molecule has 0 aromatic heterocycles. The van der Waals surface area contributed by atoms with E-state index in [1.165, 1.54) is 16.7 Å². The maximum atomic E-state index is 11.4. The van der Waals surface area contributed by atoms with Crippen molar-refractivity contribution in [1.82, 2.24) is 0 Å². The molecule has 0 spiro atoms. The maximum Gasteiger partial charge on any atom is 0.481 e. The summed E-state index contributed by atoms with van der Waals surface area (Å²) in [5.74, 6) is 0.200. The molecule has 0 aliphatic rings. The predicted molar refractivity (Wildman–Crippen MR) is 122 cm³/mol. The quantitative estimate of drug-likeness (QED) is 0.196. The summed E-state index contributed by atoms with van der Waals surface area (Å²) < 4.78 is 30.3. The van der Waals surface area contributed by atoms with Gasteiger partial charge in [0.05, 0.1) is 6.61 Å². The maximum absolute atomic E-state index is 11.4. The lowest BCUT2D eigenvalue weighted by Crippen LogP contribution is -1.99. The number of phosphoric ester groups is 1. The van der Waals surface area contributed by atoms with Crippen LogP contribution in [-0.4, -0.2) is 21.3 Å². The Morgan fingerprint density at radius 2 is 1.40 bits per heavy atom. The lowest BCUT2D eigenvalue weighted by Gasteiger charge is -2.13. The van der Waals surface area contributed by atoms with Crippen molar-refractivity contribution < 1.29 is 32.6 Å². The second-order valence-electron chi connectivity index (χ2n) is 7.88. The zero-order chi connectivity index (χ0) is 23.4. The second-order valence-corrected chi connectivity index (χ2v) is 10.7. The highest BCUT2D eigenvalue weighted by atomic mass is 31.3. The Labute approximate surface area is 181 Å². The highest BCUT2D eigenvalue weighted by Gasteiger charge is 2.31. The van der Waals surface area contributed by atoms with E-state index in [9.17, 15) is 14.0 Å².